The number of rotatable bonds is 4. The van der Waals surface area contributed by atoms with Crippen molar-refractivity contribution < 1.29 is 35.9 Å². The molecule has 0 aromatic heterocycles. The monoisotopic (exact) mass is 525 g/mol. The number of carboxylic acid groups (broad SMARTS) is 1. The van der Waals surface area contributed by atoms with Crippen molar-refractivity contribution in [1.82, 2.24) is 9.62 Å². The highest BCUT2D eigenvalue weighted by Gasteiger charge is 2.35. The number of piperidine rings is 1. The van der Waals surface area contributed by atoms with Crippen molar-refractivity contribution in [3.8, 4) is 0 Å². The Morgan fingerprint density at radius 2 is 1.83 bits per heavy atom. The molecule has 4 rings (SSSR count). The van der Waals surface area contributed by atoms with Gasteiger partial charge in [-0.25, -0.2) is 30.7 Å². The molecule has 3 N–H and O–H groups in total. The molecule has 2 aromatic rings. The van der Waals surface area contributed by atoms with E-state index in [4.69, 9.17) is 5.11 Å². The molecule has 0 aliphatic carbocycles. The van der Waals surface area contributed by atoms with Gasteiger partial charge in [0.2, 0.25) is 19.9 Å². The van der Waals surface area contributed by atoms with E-state index in [1.165, 1.54) is 11.0 Å². The predicted molar refractivity (Wildman–Crippen MR) is 123 cm³/mol. The molecule has 2 heterocycles. The summed E-state index contributed by atoms with van der Waals surface area (Å²) in [6, 6.07) is 4.54. The number of anilines is 1. The van der Waals surface area contributed by atoms with Crippen LogP contribution < -0.4 is 10.0 Å². The van der Waals surface area contributed by atoms with Crippen LogP contribution in [0.1, 0.15) is 48.5 Å². The fourth-order valence-corrected chi connectivity index (χ4v) is 7.65. The fraction of sp³-hybridized carbons (Fsp3) is 0.364. The lowest BCUT2D eigenvalue weighted by Gasteiger charge is -2.30. The molecule has 0 spiro atoms. The zero-order valence-electron chi connectivity index (χ0n) is 18.9. The van der Waals surface area contributed by atoms with Gasteiger partial charge in [-0.3, -0.25) is 4.79 Å². The summed E-state index contributed by atoms with van der Waals surface area (Å²) in [6.07, 6.45) is -0.564. The number of amides is 2. The highest BCUT2D eigenvalue weighted by Crippen LogP contribution is 2.39. The average molecular weight is 526 g/mol. The molecule has 13 heteroatoms. The van der Waals surface area contributed by atoms with E-state index in [1.807, 2.05) is 0 Å². The Kier molecular flexibility index (Phi) is 6.36. The number of fused-ring (bicyclic) bond motifs is 2. The Bertz CT molecular complexity index is 1430. The molecule has 2 amide bonds. The molecule has 0 unspecified atom stereocenters. The van der Waals surface area contributed by atoms with Gasteiger partial charge in [0.05, 0.1) is 25.9 Å². The summed E-state index contributed by atoms with van der Waals surface area (Å²) in [5.41, 5.74) is -0.0581. The number of likely N-dealkylation sites (tertiary alicyclic amines) is 1. The van der Waals surface area contributed by atoms with Gasteiger partial charge in [-0.15, -0.1) is 0 Å². The largest absolute Gasteiger partial charge is 0.465 e. The van der Waals surface area contributed by atoms with Crippen molar-refractivity contribution in [2.24, 2.45) is 0 Å². The molecule has 10 nitrogen and oxygen atoms in total. The van der Waals surface area contributed by atoms with Crippen molar-refractivity contribution in [2.75, 3.05) is 18.4 Å². The molecular weight excluding hydrogens is 501 g/mol. The minimum atomic E-state index is -4.46. The molecule has 188 valence electrons. The molecule has 35 heavy (non-hydrogen) atoms. The number of carbonyl (C=O) groups excluding carboxylic acids is 1. The van der Waals surface area contributed by atoms with Crippen LogP contribution in [-0.4, -0.2) is 58.0 Å². The van der Waals surface area contributed by atoms with Gasteiger partial charge in [0.1, 0.15) is 5.82 Å². The predicted octanol–water partition coefficient (Wildman–Crippen LogP) is 2.77. The molecule has 2 aliphatic rings. The zero-order valence-corrected chi connectivity index (χ0v) is 20.5. The summed E-state index contributed by atoms with van der Waals surface area (Å²) in [5.74, 6) is -1.97. The van der Waals surface area contributed by atoms with Gasteiger partial charge in [-0.1, -0.05) is 13.8 Å². The first-order valence-corrected chi connectivity index (χ1v) is 13.8. The molecule has 0 atom stereocenters. The van der Waals surface area contributed by atoms with Gasteiger partial charge in [-0.2, -0.15) is 0 Å². The Morgan fingerprint density at radius 3 is 2.43 bits per heavy atom. The second-order valence-corrected chi connectivity index (χ2v) is 12.4. The third kappa shape index (κ3) is 4.62. The maximum Gasteiger partial charge on any atom is 0.407 e. The molecule has 0 bridgehead atoms. The smallest absolute Gasteiger partial charge is 0.407 e. The fourth-order valence-electron chi connectivity index (χ4n) is 4.27. The second-order valence-electron chi connectivity index (χ2n) is 8.80. The number of hydrogen-bond acceptors (Lipinski definition) is 6. The number of nitrogens with zero attached hydrogens (tertiary/aromatic N) is 1. The van der Waals surface area contributed by atoms with E-state index >= 15 is 0 Å². The number of sulfone groups is 1. The first kappa shape index (κ1) is 25.1. The Balaban J connectivity index is 1.80. The number of hydrogen-bond donors (Lipinski definition) is 3. The second kappa shape index (κ2) is 8.88. The van der Waals surface area contributed by atoms with Crippen LogP contribution in [0.3, 0.4) is 0 Å². The van der Waals surface area contributed by atoms with E-state index in [0.717, 1.165) is 24.3 Å². The van der Waals surface area contributed by atoms with Gasteiger partial charge in [0.25, 0.3) is 5.91 Å². The maximum absolute atomic E-state index is 13.9. The van der Waals surface area contributed by atoms with Gasteiger partial charge in [0, 0.05) is 19.1 Å². The van der Waals surface area contributed by atoms with Gasteiger partial charge in [-0.05, 0) is 54.7 Å². The normalized spacial score (nSPS) is 17.9. The van der Waals surface area contributed by atoms with E-state index in [1.54, 1.807) is 13.8 Å². The molecule has 2 aromatic carbocycles. The van der Waals surface area contributed by atoms with Crippen molar-refractivity contribution in [2.45, 2.75) is 53.3 Å². The number of carbonyl (C=O) groups is 2. The number of nitrogens with one attached hydrogen (secondary N) is 2. The molecule has 0 radical (unpaired) electrons. The van der Waals surface area contributed by atoms with Gasteiger partial charge in [0.15, 0.2) is 0 Å². The number of benzene rings is 2. The number of halogens is 1. The summed E-state index contributed by atoms with van der Waals surface area (Å²) >= 11 is 0. The van der Waals surface area contributed by atoms with E-state index < -0.39 is 53.5 Å². The van der Waals surface area contributed by atoms with Crippen molar-refractivity contribution in [3.63, 3.8) is 0 Å². The SMILES string of the molecule is CC(C)c1cc2c(cc1S(=O)(=O)NC1CCN(C(=O)O)CC1)S(=O)(=O)c1cc(F)ccc1C(=O)N2. The van der Waals surface area contributed by atoms with Crippen LogP contribution in [0.5, 0.6) is 0 Å². The first-order valence-electron chi connectivity index (χ1n) is 10.9. The average Bonchev–Trinajstić information content (AvgIpc) is 2.85. The van der Waals surface area contributed by atoms with Crippen molar-refractivity contribution in [1.29, 1.82) is 0 Å². The Labute approximate surface area is 202 Å². The standard InChI is InChI=1S/C22H24FN3O7S2/c1-12(2)16-10-17-20(34(30,31)18-9-13(23)3-4-15(18)21(27)24-17)11-19(16)35(32,33)25-14-5-7-26(8-6-14)22(28)29/h3-4,9-12,14,25H,5-8H2,1-2H3,(H,24,27)(H,28,29). The van der Waals surface area contributed by atoms with Crippen LogP contribution in [0.2, 0.25) is 0 Å². The van der Waals surface area contributed by atoms with E-state index in [2.05, 4.69) is 10.0 Å². The van der Waals surface area contributed by atoms with E-state index in [0.29, 0.717) is 0 Å². The first-order chi connectivity index (χ1) is 16.3. The zero-order chi connectivity index (χ0) is 25.7. The summed E-state index contributed by atoms with van der Waals surface area (Å²) in [6.45, 7) is 3.77. The maximum atomic E-state index is 13.9. The summed E-state index contributed by atoms with van der Waals surface area (Å²) in [4.78, 5) is 23.7. The minimum Gasteiger partial charge on any atom is -0.465 e. The Hall–Kier alpha value is -3.03. The van der Waals surface area contributed by atoms with Gasteiger partial charge < -0.3 is 15.3 Å². The van der Waals surface area contributed by atoms with Gasteiger partial charge >= 0.3 is 6.09 Å². The summed E-state index contributed by atoms with van der Waals surface area (Å²) in [7, 11) is -8.69. The molecular formula is C22H24FN3O7S2. The summed E-state index contributed by atoms with van der Waals surface area (Å²) in [5, 5.41) is 11.6. The third-order valence-corrected chi connectivity index (χ3v) is 9.54. The molecule has 1 fully saturated rings. The molecule has 2 aliphatic heterocycles. The van der Waals surface area contributed by atoms with Crippen LogP contribution in [0.4, 0.5) is 14.9 Å². The van der Waals surface area contributed by atoms with Crippen molar-refractivity contribution in [3.05, 3.63) is 47.3 Å². The van der Waals surface area contributed by atoms with Crippen LogP contribution in [-0.2, 0) is 19.9 Å². The van der Waals surface area contributed by atoms with E-state index in [9.17, 15) is 30.8 Å². The Morgan fingerprint density at radius 1 is 1.17 bits per heavy atom. The lowest BCUT2D eigenvalue weighted by molar-refractivity contribution is 0.102. The lowest BCUT2D eigenvalue weighted by atomic mass is 10.0. The highest BCUT2D eigenvalue weighted by atomic mass is 32.2. The summed E-state index contributed by atoms with van der Waals surface area (Å²) < 4.78 is 70.1. The number of sulfonamides is 1. The van der Waals surface area contributed by atoms with Crippen LogP contribution in [0.15, 0.2) is 45.0 Å². The van der Waals surface area contributed by atoms with Crippen LogP contribution >= 0.6 is 0 Å². The third-order valence-electron chi connectivity index (χ3n) is 6.13. The van der Waals surface area contributed by atoms with E-state index in [-0.39, 0.29) is 53.6 Å². The molecule has 0 saturated carbocycles. The van der Waals surface area contributed by atoms with Crippen molar-refractivity contribution >= 4 is 37.5 Å². The lowest BCUT2D eigenvalue weighted by Crippen LogP contribution is -2.46. The topological polar surface area (TPSA) is 150 Å². The van der Waals surface area contributed by atoms with Crippen LogP contribution in [0, 0.1) is 5.82 Å². The minimum absolute atomic E-state index is 0.0935. The quantitative estimate of drug-likeness (QED) is 0.555. The molecule has 1 saturated heterocycles. The van der Waals surface area contributed by atoms with Crippen LogP contribution in [0.25, 0.3) is 0 Å². The highest BCUT2D eigenvalue weighted by molar-refractivity contribution is 7.92.